The number of rotatable bonds is 2. The Morgan fingerprint density at radius 2 is 2.21 bits per heavy atom. The van der Waals surface area contributed by atoms with E-state index in [1.165, 1.54) is 33.5 Å². The molecule has 1 atom stereocenters. The van der Waals surface area contributed by atoms with Crippen molar-refractivity contribution in [2.75, 3.05) is 0 Å². The van der Waals surface area contributed by atoms with Crippen molar-refractivity contribution in [1.29, 1.82) is 0 Å². The fourth-order valence-corrected chi connectivity index (χ4v) is 3.35. The lowest BCUT2D eigenvalue weighted by atomic mass is 9.79. The van der Waals surface area contributed by atoms with Crippen molar-refractivity contribution in [2.45, 2.75) is 32.2 Å². The van der Waals surface area contributed by atoms with Gasteiger partial charge in [0.15, 0.2) is 0 Å². The van der Waals surface area contributed by atoms with E-state index in [-0.39, 0.29) is 18.4 Å². The number of thiophene rings is 1. The Bertz CT molecular complexity index is 290. The molecule has 14 heavy (non-hydrogen) atoms. The lowest BCUT2D eigenvalue weighted by molar-refractivity contribution is 0.267. The third-order valence-corrected chi connectivity index (χ3v) is 5.10. The molecule has 0 aliphatic heterocycles. The minimum Gasteiger partial charge on any atom is -0.323 e. The molecule has 1 aromatic heterocycles. The van der Waals surface area contributed by atoms with E-state index in [9.17, 15) is 0 Å². The minimum atomic E-state index is 0. The quantitative estimate of drug-likeness (QED) is 0.876. The van der Waals surface area contributed by atoms with Crippen LogP contribution in [0.5, 0.6) is 0 Å². The third-order valence-electron chi connectivity index (χ3n) is 2.86. The molecule has 1 nitrogen and oxygen atoms in total. The standard InChI is InChI=1S/C10H14BrNS.ClH/c1-6-5-8(13-10(6)11)9(12)7-3-2-4-7;/h5,7,9H,2-4,12H2,1H3;1H/t9-;/m0./s1. The van der Waals surface area contributed by atoms with Crippen molar-refractivity contribution in [3.8, 4) is 0 Å². The van der Waals surface area contributed by atoms with E-state index in [1.54, 1.807) is 11.3 Å². The molecule has 0 unspecified atom stereocenters. The average Bonchev–Trinajstić information content (AvgIpc) is 2.28. The Morgan fingerprint density at radius 1 is 1.57 bits per heavy atom. The number of hydrogen-bond acceptors (Lipinski definition) is 2. The maximum absolute atomic E-state index is 6.17. The van der Waals surface area contributed by atoms with E-state index in [1.807, 2.05) is 0 Å². The van der Waals surface area contributed by atoms with Crippen LogP contribution in [0.1, 0.15) is 35.7 Å². The lowest BCUT2D eigenvalue weighted by Crippen LogP contribution is -2.25. The summed E-state index contributed by atoms with van der Waals surface area (Å²) < 4.78 is 1.23. The molecule has 1 aliphatic rings. The number of nitrogens with two attached hydrogens (primary N) is 1. The summed E-state index contributed by atoms with van der Waals surface area (Å²) in [5, 5.41) is 0. The topological polar surface area (TPSA) is 26.0 Å². The van der Waals surface area contributed by atoms with Gasteiger partial charge < -0.3 is 5.73 Å². The van der Waals surface area contributed by atoms with Crippen LogP contribution in [0.2, 0.25) is 0 Å². The number of halogens is 2. The van der Waals surface area contributed by atoms with Crippen molar-refractivity contribution in [3.63, 3.8) is 0 Å². The summed E-state index contributed by atoms with van der Waals surface area (Å²) in [5.41, 5.74) is 7.49. The monoisotopic (exact) mass is 295 g/mol. The second kappa shape index (κ2) is 4.97. The second-order valence-electron chi connectivity index (χ2n) is 3.82. The molecule has 80 valence electrons. The van der Waals surface area contributed by atoms with Gasteiger partial charge >= 0.3 is 0 Å². The molecule has 1 heterocycles. The Labute approximate surface area is 104 Å². The van der Waals surface area contributed by atoms with Crippen LogP contribution in [-0.4, -0.2) is 0 Å². The van der Waals surface area contributed by atoms with E-state index >= 15 is 0 Å². The van der Waals surface area contributed by atoms with Crippen LogP contribution in [0, 0.1) is 12.8 Å². The molecule has 1 aromatic rings. The Balaban J connectivity index is 0.000000980. The van der Waals surface area contributed by atoms with Crippen molar-refractivity contribution in [3.05, 3.63) is 20.3 Å². The molecular formula is C10H15BrClNS. The molecule has 0 radical (unpaired) electrons. The molecule has 4 heteroatoms. The van der Waals surface area contributed by atoms with Gasteiger partial charge in [0.25, 0.3) is 0 Å². The SMILES string of the molecule is Cc1cc([C@@H](N)C2CCC2)sc1Br.Cl. The summed E-state index contributed by atoms with van der Waals surface area (Å²) in [6.07, 6.45) is 4.00. The van der Waals surface area contributed by atoms with E-state index in [0.717, 1.165) is 5.92 Å². The van der Waals surface area contributed by atoms with Gasteiger partial charge in [-0.25, -0.2) is 0 Å². The van der Waals surface area contributed by atoms with Crippen LogP contribution in [0.4, 0.5) is 0 Å². The number of aryl methyl sites for hydroxylation is 1. The Kier molecular flexibility index (Phi) is 4.44. The molecule has 0 saturated heterocycles. The summed E-state index contributed by atoms with van der Waals surface area (Å²) in [5.74, 6) is 0.741. The first-order chi connectivity index (χ1) is 6.18. The first kappa shape index (κ1) is 12.5. The van der Waals surface area contributed by atoms with Crippen LogP contribution >= 0.6 is 39.7 Å². The van der Waals surface area contributed by atoms with E-state index in [2.05, 4.69) is 28.9 Å². The molecule has 1 saturated carbocycles. The fourth-order valence-electron chi connectivity index (χ4n) is 1.68. The van der Waals surface area contributed by atoms with Crippen LogP contribution < -0.4 is 5.73 Å². The molecule has 2 N–H and O–H groups in total. The zero-order chi connectivity index (χ0) is 9.42. The van der Waals surface area contributed by atoms with Gasteiger partial charge in [-0.2, -0.15) is 0 Å². The normalized spacial score (nSPS) is 18.5. The summed E-state index contributed by atoms with van der Waals surface area (Å²) in [6.45, 7) is 2.12. The van der Waals surface area contributed by atoms with Crippen molar-refractivity contribution in [2.24, 2.45) is 11.7 Å². The fraction of sp³-hybridized carbons (Fsp3) is 0.600. The van der Waals surface area contributed by atoms with Gasteiger partial charge in [0.1, 0.15) is 0 Å². The van der Waals surface area contributed by atoms with Crippen LogP contribution in [0.25, 0.3) is 0 Å². The summed E-state index contributed by atoms with van der Waals surface area (Å²) in [7, 11) is 0. The van der Waals surface area contributed by atoms with Gasteiger partial charge in [0.2, 0.25) is 0 Å². The highest BCUT2D eigenvalue weighted by molar-refractivity contribution is 9.11. The summed E-state index contributed by atoms with van der Waals surface area (Å²) in [4.78, 5) is 1.34. The molecule has 0 amide bonds. The highest BCUT2D eigenvalue weighted by Crippen LogP contribution is 2.40. The largest absolute Gasteiger partial charge is 0.323 e. The van der Waals surface area contributed by atoms with Crippen LogP contribution in [0.15, 0.2) is 9.85 Å². The van der Waals surface area contributed by atoms with E-state index in [4.69, 9.17) is 5.73 Å². The van der Waals surface area contributed by atoms with Gasteiger partial charge in [-0.1, -0.05) is 6.42 Å². The maximum Gasteiger partial charge on any atom is 0.0731 e. The summed E-state index contributed by atoms with van der Waals surface area (Å²) in [6, 6.07) is 2.50. The van der Waals surface area contributed by atoms with Crippen molar-refractivity contribution < 1.29 is 0 Å². The summed E-state index contributed by atoms with van der Waals surface area (Å²) >= 11 is 5.33. The Hall–Kier alpha value is 0.430. The molecule has 2 rings (SSSR count). The predicted octanol–water partition coefficient (Wildman–Crippen LogP) is 4.04. The Morgan fingerprint density at radius 3 is 2.57 bits per heavy atom. The van der Waals surface area contributed by atoms with Crippen molar-refractivity contribution >= 4 is 39.7 Å². The first-order valence-corrected chi connectivity index (χ1v) is 6.31. The van der Waals surface area contributed by atoms with Gasteiger partial charge in [-0.3, -0.25) is 0 Å². The van der Waals surface area contributed by atoms with E-state index < -0.39 is 0 Å². The average molecular weight is 297 g/mol. The first-order valence-electron chi connectivity index (χ1n) is 4.70. The zero-order valence-electron chi connectivity index (χ0n) is 8.13. The maximum atomic E-state index is 6.17. The molecule has 0 bridgehead atoms. The third kappa shape index (κ3) is 2.32. The minimum absolute atomic E-state index is 0. The van der Waals surface area contributed by atoms with E-state index in [0.29, 0.717) is 0 Å². The second-order valence-corrected chi connectivity index (χ2v) is 6.22. The molecule has 0 aromatic carbocycles. The molecular weight excluding hydrogens is 282 g/mol. The smallest absolute Gasteiger partial charge is 0.0731 e. The number of hydrogen-bond donors (Lipinski definition) is 1. The van der Waals surface area contributed by atoms with Crippen LogP contribution in [-0.2, 0) is 0 Å². The molecule has 1 aliphatic carbocycles. The van der Waals surface area contributed by atoms with Gasteiger partial charge in [0, 0.05) is 10.9 Å². The highest BCUT2D eigenvalue weighted by Gasteiger charge is 2.26. The molecule has 1 fully saturated rings. The predicted molar refractivity (Wildman–Crippen MR) is 68.3 cm³/mol. The van der Waals surface area contributed by atoms with Crippen molar-refractivity contribution in [1.82, 2.24) is 0 Å². The molecule has 0 spiro atoms. The van der Waals surface area contributed by atoms with Crippen LogP contribution in [0.3, 0.4) is 0 Å². The lowest BCUT2D eigenvalue weighted by Gasteiger charge is -2.30. The van der Waals surface area contributed by atoms with Gasteiger partial charge in [-0.05, 0) is 53.2 Å². The van der Waals surface area contributed by atoms with Gasteiger partial charge in [0.05, 0.1) is 3.79 Å². The zero-order valence-corrected chi connectivity index (χ0v) is 11.3. The highest BCUT2D eigenvalue weighted by atomic mass is 79.9. The van der Waals surface area contributed by atoms with Gasteiger partial charge in [-0.15, -0.1) is 23.7 Å².